The number of amides is 1. The molecule has 15 heavy (non-hydrogen) atoms. The Morgan fingerprint density at radius 2 is 1.87 bits per heavy atom. The number of alkyl halides is 3. The van der Waals surface area contributed by atoms with Gasteiger partial charge in [0.25, 0.3) is 0 Å². The van der Waals surface area contributed by atoms with E-state index in [9.17, 15) is 18.0 Å². The summed E-state index contributed by atoms with van der Waals surface area (Å²) in [6, 6.07) is 0. The van der Waals surface area contributed by atoms with E-state index in [-0.39, 0.29) is 13.1 Å². The molecule has 1 aliphatic rings. The minimum Gasteiger partial charge on any atom is -0.465 e. The van der Waals surface area contributed by atoms with Gasteiger partial charge in [0.2, 0.25) is 0 Å². The lowest BCUT2D eigenvalue weighted by Gasteiger charge is -2.17. The lowest BCUT2D eigenvalue weighted by Crippen LogP contribution is -2.27. The number of nitrogens with zero attached hydrogens (tertiary/aromatic N) is 1. The summed E-state index contributed by atoms with van der Waals surface area (Å²) in [5, 5.41) is 17.5. The highest BCUT2D eigenvalue weighted by Crippen LogP contribution is 2.33. The van der Waals surface area contributed by atoms with Crippen molar-refractivity contribution >= 4 is 6.09 Å². The average Bonchev–Trinajstić information content (AvgIpc) is 2.44. The van der Waals surface area contributed by atoms with Crippen LogP contribution in [0.5, 0.6) is 0 Å². The smallest absolute Gasteiger partial charge is 0.407 e. The molecule has 1 heterocycles. The van der Waals surface area contributed by atoms with E-state index in [2.05, 4.69) is 0 Å². The van der Waals surface area contributed by atoms with Crippen molar-refractivity contribution in [2.75, 3.05) is 19.7 Å². The molecule has 2 atom stereocenters. The topological polar surface area (TPSA) is 60.8 Å². The Bertz CT molecular complexity index is 244. The van der Waals surface area contributed by atoms with E-state index in [1.165, 1.54) is 0 Å². The lowest BCUT2D eigenvalue weighted by molar-refractivity contribution is -0.146. The summed E-state index contributed by atoms with van der Waals surface area (Å²) >= 11 is 0. The zero-order valence-electron chi connectivity index (χ0n) is 7.87. The second-order valence-corrected chi connectivity index (χ2v) is 3.71. The predicted octanol–water partition coefficient (Wildman–Crippen LogP) is 1.16. The van der Waals surface area contributed by atoms with Crippen molar-refractivity contribution in [3.8, 4) is 0 Å². The summed E-state index contributed by atoms with van der Waals surface area (Å²) in [5.41, 5.74) is 0. The van der Waals surface area contributed by atoms with E-state index < -0.39 is 37.1 Å². The quantitative estimate of drug-likeness (QED) is 0.744. The highest BCUT2D eigenvalue weighted by atomic mass is 19.4. The van der Waals surface area contributed by atoms with E-state index in [0.29, 0.717) is 0 Å². The van der Waals surface area contributed by atoms with Gasteiger partial charge in [-0.05, 0) is 5.92 Å². The molecule has 0 aromatic rings. The Balaban J connectivity index is 2.60. The van der Waals surface area contributed by atoms with E-state index in [1.807, 2.05) is 0 Å². The van der Waals surface area contributed by atoms with Gasteiger partial charge in [-0.15, -0.1) is 0 Å². The van der Waals surface area contributed by atoms with Crippen molar-refractivity contribution in [3.63, 3.8) is 0 Å². The Hall–Kier alpha value is -0.980. The van der Waals surface area contributed by atoms with Gasteiger partial charge in [-0.25, -0.2) is 4.79 Å². The summed E-state index contributed by atoms with van der Waals surface area (Å²) in [4.78, 5) is 11.5. The lowest BCUT2D eigenvalue weighted by atomic mass is 9.93. The number of halogens is 3. The number of hydrogen-bond acceptors (Lipinski definition) is 2. The van der Waals surface area contributed by atoms with Gasteiger partial charge in [-0.1, -0.05) is 0 Å². The monoisotopic (exact) mass is 227 g/mol. The maximum Gasteiger partial charge on any atom is 0.407 e. The van der Waals surface area contributed by atoms with Crippen molar-refractivity contribution in [2.24, 2.45) is 11.8 Å². The first-order chi connectivity index (χ1) is 6.83. The minimum absolute atomic E-state index is 0.0212. The molecule has 1 saturated heterocycles. The Morgan fingerprint density at radius 3 is 2.27 bits per heavy atom. The van der Waals surface area contributed by atoms with Crippen LogP contribution in [-0.4, -0.2) is 47.1 Å². The fourth-order valence-electron chi connectivity index (χ4n) is 1.83. The van der Waals surface area contributed by atoms with Crippen LogP contribution in [0.25, 0.3) is 0 Å². The van der Waals surface area contributed by atoms with Crippen molar-refractivity contribution in [1.29, 1.82) is 0 Å². The third kappa shape index (κ3) is 3.26. The van der Waals surface area contributed by atoms with E-state index in [1.54, 1.807) is 0 Å². The fraction of sp³-hybridized carbons (Fsp3) is 0.875. The van der Waals surface area contributed by atoms with Gasteiger partial charge in [-0.2, -0.15) is 13.2 Å². The van der Waals surface area contributed by atoms with Crippen LogP contribution < -0.4 is 0 Å². The molecule has 0 aromatic heterocycles. The van der Waals surface area contributed by atoms with Crippen LogP contribution in [0.4, 0.5) is 18.0 Å². The second-order valence-electron chi connectivity index (χ2n) is 3.71. The first-order valence-corrected chi connectivity index (χ1v) is 4.49. The molecule has 2 N–H and O–H groups in total. The van der Waals surface area contributed by atoms with Crippen molar-refractivity contribution in [1.82, 2.24) is 4.90 Å². The molecule has 1 amide bonds. The largest absolute Gasteiger partial charge is 0.465 e. The molecule has 1 fully saturated rings. The number of aliphatic hydroxyl groups excluding tert-OH is 1. The molecule has 0 bridgehead atoms. The third-order valence-corrected chi connectivity index (χ3v) is 2.58. The maximum atomic E-state index is 12.1. The number of aliphatic hydroxyl groups is 1. The van der Waals surface area contributed by atoms with Gasteiger partial charge in [0, 0.05) is 32.0 Å². The standard InChI is InChI=1S/C8H12F3NO3/c9-8(10,11)1-5-2-12(7(14)15)3-6(5)4-13/h5-6,13H,1-4H2,(H,14,15)/t5-,6+/m1/s1. The molecule has 0 aromatic carbocycles. The average molecular weight is 227 g/mol. The number of carbonyl (C=O) groups is 1. The molecule has 0 aliphatic carbocycles. The van der Waals surface area contributed by atoms with Crippen molar-refractivity contribution < 1.29 is 28.2 Å². The number of hydrogen-bond donors (Lipinski definition) is 2. The first-order valence-electron chi connectivity index (χ1n) is 4.49. The first kappa shape index (κ1) is 12.1. The number of carboxylic acid groups (broad SMARTS) is 1. The molecular weight excluding hydrogens is 215 g/mol. The molecule has 0 radical (unpaired) electrons. The van der Waals surface area contributed by atoms with E-state index in [4.69, 9.17) is 10.2 Å². The highest BCUT2D eigenvalue weighted by Gasteiger charge is 2.41. The summed E-state index contributed by atoms with van der Waals surface area (Å²) in [6.07, 6.45) is -6.59. The van der Waals surface area contributed by atoms with Gasteiger partial charge in [-0.3, -0.25) is 0 Å². The van der Waals surface area contributed by atoms with Crippen LogP contribution in [0, 0.1) is 11.8 Å². The molecular formula is C8H12F3NO3. The van der Waals surface area contributed by atoms with Gasteiger partial charge in [0.05, 0.1) is 0 Å². The van der Waals surface area contributed by atoms with Crippen LogP contribution in [-0.2, 0) is 0 Å². The summed E-state index contributed by atoms with van der Waals surface area (Å²) < 4.78 is 36.3. The zero-order valence-corrected chi connectivity index (χ0v) is 7.87. The van der Waals surface area contributed by atoms with Gasteiger partial charge in [0.1, 0.15) is 0 Å². The van der Waals surface area contributed by atoms with E-state index >= 15 is 0 Å². The normalized spacial score (nSPS) is 27.1. The molecule has 88 valence electrons. The van der Waals surface area contributed by atoms with Crippen LogP contribution >= 0.6 is 0 Å². The van der Waals surface area contributed by atoms with Crippen LogP contribution in [0.1, 0.15) is 6.42 Å². The molecule has 1 aliphatic heterocycles. The SMILES string of the molecule is O=C(O)N1C[C@@H](CO)[C@H](CC(F)(F)F)C1. The zero-order chi connectivity index (χ0) is 11.6. The summed E-state index contributed by atoms with van der Waals surface area (Å²) in [7, 11) is 0. The minimum atomic E-state index is -4.31. The van der Waals surface area contributed by atoms with Gasteiger partial charge in [0.15, 0.2) is 0 Å². The molecule has 0 unspecified atom stereocenters. The molecule has 0 saturated carbocycles. The molecule has 7 heteroatoms. The summed E-state index contributed by atoms with van der Waals surface area (Å²) in [6.45, 7) is -0.586. The van der Waals surface area contributed by atoms with Crippen molar-refractivity contribution in [2.45, 2.75) is 12.6 Å². The van der Waals surface area contributed by atoms with E-state index in [0.717, 1.165) is 4.90 Å². The highest BCUT2D eigenvalue weighted by molar-refractivity contribution is 5.65. The van der Waals surface area contributed by atoms with Gasteiger partial charge < -0.3 is 15.1 Å². The Kier molecular flexibility index (Phi) is 3.43. The molecule has 1 rings (SSSR count). The second kappa shape index (κ2) is 4.26. The number of rotatable bonds is 2. The number of likely N-dealkylation sites (tertiary alicyclic amines) is 1. The Labute approximate surface area is 84.3 Å². The third-order valence-electron chi connectivity index (χ3n) is 2.58. The summed E-state index contributed by atoms with van der Waals surface area (Å²) in [5.74, 6) is -1.44. The van der Waals surface area contributed by atoms with Crippen LogP contribution in [0.3, 0.4) is 0 Å². The fourth-order valence-corrected chi connectivity index (χ4v) is 1.83. The predicted molar refractivity (Wildman–Crippen MR) is 44.3 cm³/mol. The molecule has 4 nitrogen and oxygen atoms in total. The maximum absolute atomic E-state index is 12.1. The molecule has 0 spiro atoms. The van der Waals surface area contributed by atoms with Gasteiger partial charge >= 0.3 is 12.3 Å². The van der Waals surface area contributed by atoms with Crippen LogP contribution in [0.2, 0.25) is 0 Å². The Morgan fingerprint density at radius 1 is 1.33 bits per heavy atom. The van der Waals surface area contributed by atoms with Crippen LogP contribution in [0.15, 0.2) is 0 Å². The van der Waals surface area contributed by atoms with Crippen molar-refractivity contribution in [3.05, 3.63) is 0 Å².